The summed E-state index contributed by atoms with van der Waals surface area (Å²) in [5.41, 5.74) is 0.461. The second kappa shape index (κ2) is 5.53. The monoisotopic (exact) mass is 302 g/mol. The maximum Gasteiger partial charge on any atom is 0.274 e. The Morgan fingerprint density at radius 3 is 2.50 bits per heavy atom. The topological polar surface area (TPSA) is 87.5 Å². The molecule has 4 N–H and O–H groups in total. The third-order valence-corrected chi connectivity index (χ3v) is 5.84. The molecule has 2 saturated heterocycles. The van der Waals surface area contributed by atoms with Crippen molar-refractivity contribution in [1.29, 1.82) is 0 Å². The van der Waals surface area contributed by atoms with E-state index in [0.717, 1.165) is 31.6 Å². The molecule has 3 fully saturated rings. The summed E-state index contributed by atoms with van der Waals surface area (Å²) in [7, 11) is -3.54. The lowest BCUT2D eigenvalue weighted by Crippen LogP contribution is -2.59. The molecule has 6 nitrogen and oxygen atoms in total. The van der Waals surface area contributed by atoms with E-state index in [1.807, 2.05) is 0 Å². The first-order valence-electron chi connectivity index (χ1n) is 7.67. The van der Waals surface area contributed by atoms with Crippen LogP contribution in [0.3, 0.4) is 0 Å². The van der Waals surface area contributed by atoms with Gasteiger partial charge in [0.25, 0.3) is 10.2 Å². The summed E-state index contributed by atoms with van der Waals surface area (Å²) in [6, 6.07) is 0.0451. The van der Waals surface area contributed by atoms with Gasteiger partial charge in [-0.2, -0.15) is 13.1 Å². The van der Waals surface area contributed by atoms with Gasteiger partial charge in [-0.25, -0.2) is 5.14 Å². The van der Waals surface area contributed by atoms with E-state index >= 15 is 0 Å². The van der Waals surface area contributed by atoms with E-state index in [1.54, 1.807) is 0 Å². The normalized spacial score (nSPS) is 31.6. The molecule has 3 rings (SSSR count). The lowest BCUT2D eigenvalue weighted by atomic mass is 9.67. The van der Waals surface area contributed by atoms with E-state index in [4.69, 9.17) is 5.14 Å². The molecule has 20 heavy (non-hydrogen) atoms. The van der Waals surface area contributed by atoms with Crippen LogP contribution in [0, 0.1) is 11.3 Å². The minimum absolute atomic E-state index is 0.0451. The summed E-state index contributed by atoms with van der Waals surface area (Å²) in [6.45, 7) is 5.97. The molecule has 2 heterocycles. The van der Waals surface area contributed by atoms with Gasteiger partial charge in [-0.15, -0.1) is 0 Å². The molecule has 1 atom stereocenters. The zero-order chi connectivity index (χ0) is 14.2. The molecule has 0 amide bonds. The molecule has 0 bridgehead atoms. The van der Waals surface area contributed by atoms with Crippen LogP contribution in [0.2, 0.25) is 0 Å². The van der Waals surface area contributed by atoms with Gasteiger partial charge in [-0.05, 0) is 56.5 Å². The Bertz CT molecular complexity index is 431. The Labute approximate surface area is 121 Å². The van der Waals surface area contributed by atoms with Gasteiger partial charge in [0.15, 0.2) is 0 Å². The molecule has 3 aliphatic rings. The molecular weight excluding hydrogens is 276 g/mol. The highest BCUT2D eigenvalue weighted by molar-refractivity contribution is 7.87. The molecule has 116 valence electrons. The number of hydrogen-bond donors (Lipinski definition) is 3. The van der Waals surface area contributed by atoms with E-state index < -0.39 is 10.2 Å². The van der Waals surface area contributed by atoms with Crippen LogP contribution in [0.5, 0.6) is 0 Å². The Balaban J connectivity index is 1.41. The first-order chi connectivity index (χ1) is 9.44. The fourth-order valence-corrected chi connectivity index (χ4v) is 4.86. The molecule has 1 aliphatic carbocycles. The van der Waals surface area contributed by atoms with Gasteiger partial charge in [-0.3, -0.25) is 0 Å². The minimum atomic E-state index is -3.54. The number of nitrogens with zero attached hydrogens (tertiary/aromatic N) is 1. The lowest BCUT2D eigenvalue weighted by molar-refractivity contribution is -0.0387. The number of likely N-dealkylation sites (tertiary alicyclic amines) is 1. The van der Waals surface area contributed by atoms with Gasteiger partial charge >= 0.3 is 0 Å². The van der Waals surface area contributed by atoms with E-state index in [2.05, 4.69) is 14.9 Å². The Morgan fingerprint density at radius 1 is 1.25 bits per heavy atom. The van der Waals surface area contributed by atoms with Gasteiger partial charge in [0.2, 0.25) is 0 Å². The molecule has 0 unspecified atom stereocenters. The second-order valence-electron chi connectivity index (χ2n) is 6.97. The molecule has 1 saturated carbocycles. The zero-order valence-electron chi connectivity index (χ0n) is 12.0. The quantitative estimate of drug-likeness (QED) is 0.661. The van der Waals surface area contributed by atoms with Gasteiger partial charge in [0, 0.05) is 25.7 Å². The summed E-state index contributed by atoms with van der Waals surface area (Å²) < 4.78 is 24.6. The van der Waals surface area contributed by atoms with Crippen LogP contribution >= 0.6 is 0 Å². The van der Waals surface area contributed by atoms with Crippen molar-refractivity contribution in [2.45, 2.75) is 38.1 Å². The van der Waals surface area contributed by atoms with Crippen molar-refractivity contribution in [3.05, 3.63) is 0 Å². The van der Waals surface area contributed by atoms with Gasteiger partial charge in [-0.1, -0.05) is 0 Å². The van der Waals surface area contributed by atoms with Crippen molar-refractivity contribution in [2.75, 3.05) is 32.7 Å². The van der Waals surface area contributed by atoms with Gasteiger partial charge in [0.05, 0.1) is 0 Å². The SMILES string of the molecule is NS(=O)(=O)NC1CCC2(CC1)CN(C[C@@H]1CCNC1)C2. The van der Waals surface area contributed by atoms with Crippen LogP contribution < -0.4 is 15.2 Å². The fraction of sp³-hybridized carbons (Fsp3) is 1.00. The highest BCUT2D eigenvalue weighted by Gasteiger charge is 2.45. The molecule has 0 aromatic heterocycles. The van der Waals surface area contributed by atoms with E-state index in [9.17, 15) is 8.42 Å². The third-order valence-electron chi connectivity index (χ3n) is 5.17. The predicted octanol–water partition coefficient (Wildman–Crippen LogP) is -0.366. The number of hydrogen-bond acceptors (Lipinski definition) is 4. The third kappa shape index (κ3) is 3.51. The Hall–Kier alpha value is -0.210. The van der Waals surface area contributed by atoms with E-state index in [0.29, 0.717) is 5.41 Å². The molecule has 1 spiro atoms. The Morgan fingerprint density at radius 2 is 1.95 bits per heavy atom. The van der Waals surface area contributed by atoms with Crippen LogP contribution in [-0.2, 0) is 10.2 Å². The van der Waals surface area contributed by atoms with Crippen molar-refractivity contribution >= 4 is 10.2 Å². The van der Waals surface area contributed by atoms with Crippen molar-refractivity contribution in [3.8, 4) is 0 Å². The van der Waals surface area contributed by atoms with Gasteiger partial charge in [0.1, 0.15) is 0 Å². The maximum absolute atomic E-state index is 11.0. The highest BCUT2D eigenvalue weighted by Crippen LogP contribution is 2.44. The summed E-state index contributed by atoms with van der Waals surface area (Å²) >= 11 is 0. The van der Waals surface area contributed by atoms with E-state index in [-0.39, 0.29) is 6.04 Å². The fourth-order valence-electron chi connectivity index (χ4n) is 4.16. The van der Waals surface area contributed by atoms with Crippen molar-refractivity contribution < 1.29 is 8.42 Å². The molecule has 7 heteroatoms. The van der Waals surface area contributed by atoms with Crippen molar-refractivity contribution in [1.82, 2.24) is 14.9 Å². The van der Waals surface area contributed by atoms with Gasteiger partial charge < -0.3 is 10.2 Å². The Kier molecular flexibility index (Phi) is 4.07. The van der Waals surface area contributed by atoms with Crippen LogP contribution in [0.4, 0.5) is 0 Å². The largest absolute Gasteiger partial charge is 0.316 e. The van der Waals surface area contributed by atoms with Crippen LogP contribution in [0.25, 0.3) is 0 Å². The first-order valence-corrected chi connectivity index (χ1v) is 9.22. The zero-order valence-corrected chi connectivity index (χ0v) is 12.8. The number of nitrogens with one attached hydrogen (secondary N) is 2. The standard InChI is InChI=1S/C13H26N4O2S/c14-20(18,19)16-12-1-4-13(5-2-12)9-17(10-13)8-11-3-6-15-7-11/h11-12,15-16H,1-10H2,(H2,14,18,19)/t11-/m1/s1. The molecule has 2 aliphatic heterocycles. The summed E-state index contributed by atoms with van der Waals surface area (Å²) in [5.74, 6) is 0.827. The molecular formula is C13H26N4O2S. The maximum atomic E-state index is 11.0. The van der Waals surface area contributed by atoms with Crippen LogP contribution in [-0.4, -0.2) is 52.1 Å². The average Bonchev–Trinajstić information content (AvgIpc) is 2.80. The predicted molar refractivity (Wildman–Crippen MR) is 78.3 cm³/mol. The van der Waals surface area contributed by atoms with Crippen LogP contribution in [0.1, 0.15) is 32.1 Å². The number of nitrogens with two attached hydrogens (primary N) is 1. The smallest absolute Gasteiger partial charge is 0.274 e. The van der Waals surface area contributed by atoms with Crippen molar-refractivity contribution in [2.24, 2.45) is 16.5 Å². The highest BCUT2D eigenvalue weighted by atomic mass is 32.2. The summed E-state index contributed by atoms with van der Waals surface area (Å²) in [6.07, 6.45) is 5.41. The van der Waals surface area contributed by atoms with Crippen molar-refractivity contribution in [3.63, 3.8) is 0 Å². The minimum Gasteiger partial charge on any atom is -0.316 e. The molecule has 0 aromatic rings. The molecule has 0 radical (unpaired) electrons. The second-order valence-corrected chi connectivity index (χ2v) is 8.29. The summed E-state index contributed by atoms with van der Waals surface area (Å²) in [5, 5.41) is 8.46. The first kappa shape index (κ1) is 14.7. The number of rotatable bonds is 4. The lowest BCUT2D eigenvalue weighted by Gasteiger charge is -2.54. The molecule has 0 aromatic carbocycles. The summed E-state index contributed by atoms with van der Waals surface area (Å²) in [4.78, 5) is 2.57. The average molecular weight is 302 g/mol. The van der Waals surface area contributed by atoms with Crippen LogP contribution in [0.15, 0.2) is 0 Å². The van der Waals surface area contributed by atoms with E-state index in [1.165, 1.54) is 39.1 Å².